The van der Waals surface area contributed by atoms with Crippen LogP contribution in [0.3, 0.4) is 0 Å². The predicted molar refractivity (Wildman–Crippen MR) is 101 cm³/mol. The molecule has 1 heterocycles. The molecule has 33 heavy (non-hydrogen) atoms. The lowest BCUT2D eigenvalue weighted by Gasteiger charge is -2.13. The van der Waals surface area contributed by atoms with Crippen molar-refractivity contribution >= 4 is 5.91 Å². The van der Waals surface area contributed by atoms with Crippen LogP contribution in [0.5, 0.6) is 0 Å². The monoisotopic (exact) mass is 474 g/mol. The SMILES string of the molecule is O=C(NCCNOCc1ccccc1C(F)(F)F)c1ccc(-c2noc(C(F)(F)F)n2)cc1. The summed E-state index contributed by atoms with van der Waals surface area (Å²) in [6.45, 7) is -0.112. The molecule has 2 aromatic carbocycles. The van der Waals surface area contributed by atoms with Crippen molar-refractivity contribution in [1.82, 2.24) is 20.9 Å². The normalized spacial score (nSPS) is 12.1. The summed E-state index contributed by atoms with van der Waals surface area (Å²) in [6, 6.07) is 10.5. The first-order valence-corrected chi connectivity index (χ1v) is 9.35. The minimum Gasteiger partial charge on any atom is -0.351 e. The van der Waals surface area contributed by atoms with E-state index in [1.54, 1.807) is 0 Å². The number of nitrogens with zero attached hydrogens (tertiary/aromatic N) is 2. The average Bonchev–Trinajstić information content (AvgIpc) is 3.27. The molecule has 0 saturated heterocycles. The Bertz CT molecular complexity index is 1080. The number of carbonyl (C=O) groups excluding carboxylic acids is 1. The molecule has 1 amide bonds. The number of benzene rings is 2. The average molecular weight is 474 g/mol. The van der Waals surface area contributed by atoms with Gasteiger partial charge in [0.15, 0.2) is 0 Å². The molecular weight excluding hydrogens is 458 g/mol. The number of rotatable bonds is 8. The van der Waals surface area contributed by atoms with Gasteiger partial charge in [-0.15, -0.1) is 0 Å². The van der Waals surface area contributed by atoms with Crippen molar-refractivity contribution in [1.29, 1.82) is 0 Å². The maximum atomic E-state index is 12.9. The van der Waals surface area contributed by atoms with E-state index in [0.29, 0.717) is 0 Å². The van der Waals surface area contributed by atoms with Gasteiger partial charge in [0.1, 0.15) is 0 Å². The summed E-state index contributed by atoms with van der Waals surface area (Å²) in [5, 5.41) is 5.81. The molecule has 1 aromatic heterocycles. The molecule has 0 bridgehead atoms. The van der Waals surface area contributed by atoms with Crippen LogP contribution in [0, 0.1) is 0 Å². The van der Waals surface area contributed by atoms with Crippen LogP contribution in [0.1, 0.15) is 27.4 Å². The summed E-state index contributed by atoms with van der Waals surface area (Å²) in [6.07, 6.45) is -9.25. The van der Waals surface area contributed by atoms with E-state index < -0.39 is 29.7 Å². The van der Waals surface area contributed by atoms with Gasteiger partial charge in [-0.05, 0) is 23.8 Å². The fraction of sp³-hybridized carbons (Fsp3) is 0.250. The zero-order valence-corrected chi connectivity index (χ0v) is 16.6. The highest BCUT2D eigenvalue weighted by Crippen LogP contribution is 2.32. The van der Waals surface area contributed by atoms with E-state index in [1.165, 1.54) is 42.5 Å². The molecule has 0 aliphatic heterocycles. The number of alkyl halides is 6. The second-order valence-corrected chi connectivity index (χ2v) is 6.59. The summed E-state index contributed by atoms with van der Waals surface area (Å²) < 4.78 is 80.5. The van der Waals surface area contributed by atoms with Crippen LogP contribution in [-0.2, 0) is 23.8 Å². The van der Waals surface area contributed by atoms with Crippen molar-refractivity contribution < 1.29 is 40.5 Å². The first kappa shape index (κ1) is 24.2. The third kappa shape index (κ3) is 6.52. The number of hydroxylamine groups is 1. The molecule has 0 spiro atoms. The Hall–Kier alpha value is -3.45. The number of aromatic nitrogens is 2. The topological polar surface area (TPSA) is 89.3 Å². The first-order valence-electron chi connectivity index (χ1n) is 9.35. The van der Waals surface area contributed by atoms with Crippen molar-refractivity contribution in [2.45, 2.75) is 19.0 Å². The maximum absolute atomic E-state index is 12.9. The van der Waals surface area contributed by atoms with Gasteiger partial charge in [-0.2, -0.15) is 31.3 Å². The van der Waals surface area contributed by atoms with Crippen LogP contribution >= 0.6 is 0 Å². The summed E-state index contributed by atoms with van der Waals surface area (Å²) in [5.74, 6) is -2.23. The van der Waals surface area contributed by atoms with E-state index in [1.807, 2.05) is 0 Å². The van der Waals surface area contributed by atoms with Crippen molar-refractivity contribution in [2.24, 2.45) is 0 Å². The molecule has 0 fully saturated rings. The third-order valence-electron chi connectivity index (χ3n) is 4.24. The Balaban J connectivity index is 1.43. The minimum absolute atomic E-state index is 0.0365. The first-order chi connectivity index (χ1) is 15.6. The van der Waals surface area contributed by atoms with Crippen LogP contribution in [-0.4, -0.2) is 29.1 Å². The molecule has 0 saturated carbocycles. The molecule has 3 aromatic rings. The zero-order valence-electron chi connectivity index (χ0n) is 16.6. The second kappa shape index (κ2) is 10.0. The lowest BCUT2D eigenvalue weighted by molar-refractivity contribution is -0.159. The molecule has 176 valence electrons. The van der Waals surface area contributed by atoms with Gasteiger partial charge in [0.25, 0.3) is 5.91 Å². The molecule has 2 N–H and O–H groups in total. The zero-order chi connectivity index (χ0) is 24.1. The van der Waals surface area contributed by atoms with Gasteiger partial charge in [-0.1, -0.05) is 35.5 Å². The van der Waals surface area contributed by atoms with Crippen molar-refractivity contribution in [3.63, 3.8) is 0 Å². The molecular formula is C20H16F6N4O3. The van der Waals surface area contributed by atoms with E-state index >= 15 is 0 Å². The highest BCUT2D eigenvalue weighted by molar-refractivity contribution is 5.94. The summed E-state index contributed by atoms with van der Waals surface area (Å²) in [7, 11) is 0. The summed E-state index contributed by atoms with van der Waals surface area (Å²) in [4.78, 5) is 20.4. The third-order valence-corrected chi connectivity index (χ3v) is 4.24. The van der Waals surface area contributed by atoms with Crippen molar-refractivity contribution in [3.05, 3.63) is 71.1 Å². The van der Waals surface area contributed by atoms with Gasteiger partial charge in [0, 0.05) is 24.2 Å². The van der Waals surface area contributed by atoms with Gasteiger partial charge in [-0.25, -0.2) is 5.48 Å². The number of hydrogen-bond acceptors (Lipinski definition) is 6. The maximum Gasteiger partial charge on any atom is 0.471 e. The standard InChI is InChI=1S/C20H16F6N4O3/c21-19(22,23)15-4-2-1-3-14(15)11-32-28-10-9-27-17(31)13-7-5-12(6-8-13)16-29-18(33-30-16)20(24,25)26/h1-8,28H,9-11H2,(H,27,31). The highest BCUT2D eigenvalue weighted by Gasteiger charge is 2.38. The highest BCUT2D eigenvalue weighted by atomic mass is 19.4. The summed E-state index contributed by atoms with van der Waals surface area (Å²) >= 11 is 0. The smallest absolute Gasteiger partial charge is 0.351 e. The Morgan fingerprint density at radius 1 is 0.939 bits per heavy atom. The Morgan fingerprint density at radius 3 is 2.27 bits per heavy atom. The van der Waals surface area contributed by atoms with Crippen molar-refractivity contribution in [2.75, 3.05) is 13.1 Å². The molecule has 0 aliphatic rings. The van der Waals surface area contributed by atoms with E-state index in [0.717, 1.165) is 6.07 Å². The molecule has 13 heteroatoms. The van der Waals surface area contributed by atoms with Gasteiger partial charge in [-0.3, -0.25) is 9.63 Å². The second-order valence-electron chi connectivity index (χ2n) is 6.59. The van der Waals surface area contributed by atoms with Gasteiger partial charge in [0.2, 0.25) is 5.82 Å². The van der Waals surface area contributed by atoms with Crippen molar-refractivity contribution in [3.8, 4) is 11.4 Å². The quantitative estimate of drug-likeness (QED) is 0.289. The van der Waals surface area contributed by atoms with Crippen LogP contribution in [0.25, 0.3) is 11.4 Å². The fourth-order valence-electron chi connectivity index (χ4n) is 2.68. The molecule has 0 unspecified atom stereocenters. The molecule has 0 atom stereocenters. The van der Waals surface area contributed by atoms with Crippen LogP contribution < -0.4 is 10.8 Å². The van der Waals surface area contributed by atoms with E-state index in [4.69, 9.17) is 4.84 Å². The number of carbonyl (C=O) groups is 1. The van der Waals surface area contributed by atoms with Gasteiger partial charge < -0.3 is 9.84 Å². The fourth-order valence-corrected chi connectivity index (χ4v) is 2.68. The number of amides is 1. The summed E-state index contributed by atoms with van der Waals surface area (Å²) in [5.41, 5.74) is 2.08. The lowest BCUT2D eigenvalue weighted by atomic mass is 10.1. The molecule has 0 aliphatic carbocycles. The number of nitrogens with one attached hydrogen (secondary N) is 2. The Morgan fingerprint density at radius 2 is 1.64 bits per heavy atom. The van der Waals surface area contributed by atoms with E-state index in [2.05, 4.69) is 25.5 Å². The minimum atomic E-state index is -4.76. The number of hydrogen-bond donors (Lipinski definition) is 2. The van der Waals surface area contributed by atoms with Gasteiger partial charge in [0.05, 0.1) is 12.2 Å². The molecule has 0 radical (unpaired) electrons. The molecule has 3 rings (SSSR count). The van der Waals surface area contributed by atoms with Crippen LogP contribution in [0.4, 0.5) is 26.3 Å². The van der Waals surface area contributed by atoms with Crippen LogP contribution in [0.15, 0.2) is 53.1 Å². The Kier molecular flexibility index (Phi) is 7.33. The predicted octanol–water partition coefficient (Wildman–Crippen LogP) is 4.23. The number of halogens is 6. The molecule has 7 nitrogen and oxygen atoms in total. The van der Waals surface area contributed by atoms with Crippen LogP contribution in [0.2, 0.25) is 0 Å². The van der Waals surface area contributed by atoms with Gasteiger partial charge >= 0.3 is 18.2 Å². The largest absolute Gasteiger partial charge is 0.471 e. The Labute approximate surface area is 182 Å². The van der Waals surface area contributed by atoms with E-state index in [-0.39, 0.29) is 42.2 Å². The lowest BCUT2D eigenvalue weighted by Crippen LogP contribution is -2.32. The van der Waals surface area contributed by atoms with E-state index in [9.17, 15) is 31.1 Å².